The first kappa shape index (κ1) is 32.7. The van der Waals surface area contributed by atoms with Crippen molar-refractivity contribution in [3.8, 4) is 22.9 Å². The lowest BCUT2D eigenvalue weighted by Crippen LogP contribution is -2.49. The van der Waals surface area contributed by atoms with Crippen LogP contribution in [0.1, 0.15) is 43.1 Å². The summed E-state index contributed by atoms with van der Waals surface area (Å²) < 4.78 is 47.0. The normalized spacial score (nSPS) is 18.3. The maximum Gasteiger partial charge on any atom is 0.321 e. The summed E-state index contributed by atoms with van der Waals surface area (Å²) in [5, 5.41) is 10.7. The molecule has 0 saturated carbocycles. The molecule has 0 saturated heterocycles. The van der Waals surface area contributed by atoms with Crippen LogP contribution in [-0.4, -0.2) is 65.6 Å². The highest BCUT2D eigenvalue weighted by atomic mass is 19.3. The Balaban J connectivity index is 1.20. The molecule has 1 aromatic heterocycles. The molecule has 6 rings (SSSR count). The number of allylic oxidation sites excluding steroid dienone is 1. The van der Waals surface area contributed by atoms with E-state index in [4.69, 9.17) is 14.2 Å². The highest BCUT2D eigenvalue weighted by molar-refractivity contribution is 5.95. The second kappa shape index (κ2) is 13.5. The smallest absolute Gasteiger partial charge is 0.321 e. The summed E-state index contributed by atoms with van der Waals surface area (Å²) in [5.41, 5.74) is 2.55. The second-order valence-electron chi connectivity index (χ2n) is 12.5. The minimum absolute atomic E-state index is 0.195. The lowest BCUT2D eigenvalue weighted by atomic mass is 9.87. The highest BCUT2D eigenvalue weighted by Gasteiger charge is 2.35. The molecule has 2 amide bonds. The summed E-state index contributed by atoms with van der Waals surface area (Å²) >= 11 is 0. The van der Waals surface area contributed by atoms with Gasteiger partial charge in [0.15, 0.2) is 11.5 Å². The van der Waals surface area contributed by atoms with Crippen LogP contribution in [0.5, 0.6) is 17.2 Å². The van der Waals surface area contributed by atoms with Crippen LogP contribution in [0.3, 0.4) is 0 Å². The topological polar surface area (TPSA) is 116 Å². The van der Waals surface area contributed by atoms with Crippen LogP contribution in [0.2, 0.25) is 0 Å². The number of carbonyl (C=O) groups is 2. The van der Waals surface area contributed by atoms with Crippen LogP contribution in [0.25, 0.3) is 16.6 Å². The molecular formula is C36H37F2N5O5. The number of amides is 2. The van der Waals surface area contributed by atoms with Gasteiger partial charge in [-0.1, -0.05) is 25.1 Å². The van der Waals surface area contributed by atoms with E-state index >= 15 is 0 Å². The first-order chi connectivity index (χ1) is 23.0. The van der Waals surface area contributed by atoms with E-state index in [-0.39, 0.29) is 11.3 Å². The zero-order valence-corrected chi connectivity index (χ0v) is 26.9. The van der Waals surface area contributed by atoms with Gasteiger partial charge < -0.3 is 24.8 Å². The zero-order chi connectivity index (χ0) is 33.9. The second-order valence-corrected chi connectivity index (χ2v) is 12.5. The number of rotatable bonds is 11. The molecule has 2 aliphatic heterocycles. The van der Waals surface area contributed by atoms with Crippen molar-refractivity contribution in [3.63, 3.8) is 0 Å². The number of halogens is 2. The third kappa shape index (κ3) is 7.48. The van der Waals surface area contributed by atoms with Gasteiger partial charge in [0.1, 0.15) is 25.1 Å². The van der Waals surface area contributed by atoms with Gasteiger partial charge in [0, 0.05) is 48.7 Å². The van der Waals surface area contributed by atoms with Crippen molar-refractivity contribution in [1.82, 2.24) is 20.4 Å². The van der Waals surface area contributed by atoms with E-state index in [1.54, 1.807) is 60.4 Å². The Hall–Kier alpha value is -5.26. The Kier molecular flexibility index (Phi) is 9.16. The number of carbonyl (C=O) groups excluding carboxylic acids is 2. The van der Waals surface area contributed by atoms with Gasteiger partial charge in [-0.25, -0.2) is 4.68 Å². The lowest BCUT2D eigenvalue weighted by molar-refractivity contribution is -0.144. The Morgan fingerprint density at radius 2 is 1.90 bits per heavy atom. The summed E-state index contributed by atoms with van der Waals surface area (Å²) in [4.78, 5) is 29.4. The van der Waals surface area contributed by atoms with Gasteiger partial charge in [-0.05, 0) is 67.4 Å². The molecule has 2 aliphatic rings. The Morgan fingerprint density at radius 3 is 2.67 bits per heavy atom. The van der Waals surface area contributed by atoms with Crippen molar-refractivity contribution in [2.75, 3.05) is 19.8 Å². The molecule has 1 unspecified atom stereocenters. The predicted octanol–water partition coefficient (Wildman–Crippen LogP) is 5.67. The third-order valence-electron chi connectivity index (χ3n) is 8.35. The Labute approximate surface area is 276 Å². The van der Waals surface area contributed by atoms with E-state index in [9.17, 15) is 18.4 Å². The first-order valence-electron chi connectivity index (χ1n) is 15.8. The molecule has 0 radical (unpaired) electrons. The van der Waals surface area contributed by atoms with E-state index in [0.29, 0.717) is 61.6 Å². The quantitative estimate of drug-likeness (QED) is 0.215. The number of nitrogens with one attached hydrogen (secondary N) is 2. The molecule has 0 bridgehead atoms. The van der Waals surface area contributed by atoms with E-state index in [1.807, 2.05) is 43.5 Å². The van der Waals surface area contributed by atoms with Crippen LogP contribution in [0.4, 0.5) is 8.78 Å². The molecule has 12 heteroatoms. The Morgan fingerprint density at radius 1 is 1.08 bits per heavy atom. The number of benzene rings is 3. The van der Waals surface area contributed by atoms with E-state index in [2.05, 4.69) is 20.7 Å². The van der Waals surface area contributed by atoms with Gasteiger partial charge in [0.2, 0.25) is 0 Å². The van der Waals surface area contributed by atoms with Crippen LogP contribution in [0.15, 0.2) is 84.1 Å². The van der Waals surface area contributed by atoms with Crippen molar-refractivity contribution >= 4 is 28.9 Å². The maximum absolute atomic E-state index is 13.8. The molecule has 3 heterocycles. The molecule has 0 fully saturated rings. The van der Waals surface area contributed by atoms with Crippen LogP contribution in [-0.2, 0) is 11.2 Å². The molecule has 4 aromatic rings. The van der Waals surface area contributed by atoms with E-state index in [1.165, 1.54) is 0 Å². The number of hydrogen-bond donors (Lipinski definition) is 2. The van der Waals surface area contributed by atoms with E-state index in [0.717, 1.165) is 22.9 Å². The number of nitrogens with zero attached hydrogens (tertiary/aromatic N) is 3. The number of fused-ring (bicyclic) bond motifs is 2. The fourth-order valence-electron chi connectivity index (χ4n) is 5.60. The van der Waals surface area contributed by atoms with Gasteiger partial charge in [-0.3, -0.25) is 14.6 Å². The standard InChI is InChI=1S/C36H37F2N5O5/c1-23(42-34(45)36(3,37)38)31(16-24-8-11-30-32(17-24)47-15-14-46-30)48-28-9-10-29-26(19-28)20-41-43(29)27-7-4-6-25(18-27)33(44)40-22-35(2)12-5-13-39-21-35/h4-11,13,17-21,23,31H,12,14-16,22H2,1-3H3,(H,40,44)(H,42,45)/t23-,31+,35?/m0/s1. The number of aromatic nitrogens is 2. The molecule has 48 heavy (non-hydrogen) atoms. The number of ether oxygens (including phenoxy) is 3. The molecular weight excluding hydrogens is 620 g/mol. The summed E-state index contributed by atoms with van der Waals surface area (Å²) in [6.45, 7) is 5.57. The minimum atomic E-state index is -3.54. The number of alkyl halides is 2. The molecule has 0 spiro atoms. The van der Waals surface area contributed by atoms with Gasteiger partial charge in [-0.15, -0.1) is 0 Å². The molecule has 0 aliphatic carbocycles. The van der Waals surface area contributed by atoms with Crippen molar-refractivity contribution < 1.29 is 32.6 Å². The maximum atomic E-state index is 13.8. The number of hydrogen-bond acceptors (Lipinski definition) is 7. The van der Waals surface area contributed by atoms with Gasteiger partial charge in [-0.2, -0.15) is 13.9 Å². The average Bonchev–Trinajstić information content (AvgIpc) is 3.50. The van der Waals surface area contributed by atoms with Crippen molar-refractivity contribution in [2.45, 2.75) is 51.7 Å². The van der Waals surface area contributed by atoms with E-state index < -0.39 is 24.0 Å². The van der Waals surface area contributed by atoms with Crippen LogP contribution < -0.4 is 24.8 Å². The lowest BCUT2D eigenvalue weighted by Gasteiger charge is -2.28. The van der Waals surface area contributed by atoms with Crippen molar-refractivity contribution in [1.29, 1.82) is 0 Å². The minimum Gasteiger partial charge on any atom is -0.488 e. The monoisotopic (exact) mass is 657 g/mol. The Bertz CT molecular complexity index is 1880. The SMILES string of the molecule is C[C@H](NC(=O)C(C)(F)F)[C@@H](Cc1ccc2c(c1)OCCO2)Oc1ccc2c(cnn2-c2cccc(C(=O)NCC3(C)C=NC=CC3)c2)c1. The van der Waals surface area contributed by atoms with Crippen LogP contribution in [0, 0.1) is 5.41 Å². The van der Waals surface area contributed by atoms with Crippen molar-refractivity contribution in [2.24, 2.45) is 10.4 Å². The summed E-state index contributed by atoms with van der Waals surface area (Å²) in [6, 6.07) is 17.3. The average molecular weight is 658 g/mol. The fourth-order valence-corrected chi connectivity index (χ4v) is 5.60. The molecule has 3 atom stereocenters. The molecule has 2 N–H and O–H groups in total. The molecule has 3 aromatic carbocycles. The summed E-state index contributed by atoms with van der Waals surface area (Å²) in [5.74, 6) is -3.43. The summed E-state index contributed by atoms with van der Waals surface area (Å²) in [7, 11) is 0. The third-order valence-corrected chi connectivity index (χ3v) is 8.35. The van der Waals surface area contributed by atoms with Crippen molar-refractivity contribution in [3.05, 3.63) is 90.3 Å². The predicted molar refractivity (Wildman–Crippen MR) is 178 cm³/mol. The van der Waals surface area contributed by atoms with Gasteiger partial charge in [0.05, 0.1) is 23.4 Å². The van der Waals surface area contributed by atoms with Crippen LogP contribution >= 0.6 is 0 Å². The van der Waals surface area contributed by atoms with Gasteiger partial charge >= 0.3 is 5.92 Å². The highest BCUT2D eigenvalue weighted by Crippen LogP contribution is 2.32. The molecule has 10 nitrogen and oxygen atoms in total. The van der Waals surface area contributed by atoms with Gasteiger partial charge in [0.25, 0.3) is 11.8 Å². The largest absolute Gasteiger partial charge is 0.488 e. The first-order valence-corrected chi connectivity index (χ1v) is 15.8. The zero-order valence-electron chi connectivity index (χ0n) is 26.9. The fraction of sp³-hybridized carbons (Fsp3) is 0.333. The molecule has 250 valence electrons. The number of aliphatic imine (C=N–C) groups is 1. The summed E-state index contributed by atoms with van der Waals surface area (Å²) in [6.07, 6.45) is 7.67.